The molecule has 1 rings (SSSR count). The van der Waals surface area contributed by atoms with Crippen LogP contribution in [-0.4, -0.2) is 13.6 Å². The highest BCUT2D eigenvalue weighted by atomic mass is 35.5. The number of nitrogens with zero attached hydrogens (tertiary/aromatic N) is 1. The lowest BCUT2D eigenvalue weighted by atomic mass is 9.95. The number of hydrogen-bond acceptors (Lipinski definition) is 2. The van der Waals surface area contributed by atoms with E-state index in [9.17, 15) is 0 Å². The first-order valence-electron chi connectivity index (χ1n) is 5.53. The van der Waals surface area contributed by atoms with Gasteiger partial charge in [0.15, 0.2) is 0 Å². The smallest absolute Gasteiger partial charge is 0.0426 e. The fourth-order valence-corrected chi connectivity index (χ4v) is 2.03. The molecule has 0 bridgehead atoms. The number of anilines is 1. The van der Waals surface area contributed by atoms with Crippen molar-refractivity contribution >= 4 is 17.3 Å². The largest absolute Gasteiger partial charge is 0.374 e. The van der Waals surface area contributed by atoms with Gasteiger partial charge < -0.3 is 10.6 Å². The molecule has 0 unspecified atom stereocenters. The minimum Gasteiger partial charge on any atom is -0.374 e. The van der Waals surface area contributed by atoms with Crippen LogP contribution in [0.25, 0.3) is 0 Å². The summed E-state index contributed by atoms with van der Waals surface area (Å²) in [4.78, 5) is 2.22. The van der Waals surface area contributed by atoms with Gasteiger partial charge in [0.05, 0.1) is 0 Å². The van der Waals surface area contributed by atoms with Gasteiger partial charge in [0, 0.05) is 30.8 Å². The zero-order chi connectivity index (χ0) is 12.3. The van der Waals surface area contributed by atoms with Gasteiger partial charge in [-0.1, -0.05) is 38.4 Å². The molecule has 0 aromatic heterocycles. The number of rotatable bonds is 3. The van der Waals surface area contributed by atoms with Gasteiger partial charge in [-0.15, -0.1) is 0 Å². The number of benzene rings is 1. The monoisotopic (exact) mass is 240 g/mol. The van der Waals surface area contributed by atoms with Crippen molar-refractivity contribution in [2.24, 2.45) is 11.1 Å². The van der Waals surface area contributed by atoms with Crippen LogP contribution in [0.4, 0.5) is 5.69 Å². The van der Waals surface area contributed by atoms with Crippen LogP contribution in [0.5, 0.6) is 0 Å². The second-order valence-electron chi connectivity index (χ2n) is 5.39. The number of halogens is 1. The van der Waals surface area contributed by atoms with Crippen LogP contribution in [-0.2, 0) is 6.54 Å². The number of nitrogens with two attached hydrogens (primary N) is 1. The van der Waals surface area contributed by atoms with Crippen molar-refractivity contribution < 1.29 is 0 Å². The van der Waals surface area contributed by atoms with Crippen molar-refractivity contribution in [2.75, 3.05) is 18.5 Å². The molecule has 0 fully saturated rings. The van der Waals surface area contributed by atoms with Crippen LogP contribution in [0, 0.1) is 5.41 Å². The van der Waals surface area contributed by atoms with Gasteiger partial charge >= 0.3 is 0 Å². The van der Waals surface area contributed by atoms with E-state index in [0.717, 1.165) is 22.8 Å². The van der Waals surface area contributed by atoms with Gasteiger partial charge in [-0.25, -0.2) is 0 Å². The van der Waals surface area contributed by atoms with Crippen LogP contribution < -0.4 is 10.6 Å². The summed E-state index contributed by atoms with van der Waals surface area (Å²) in [5.74, 6) is 0. The van der Waals surface area contributed by atoms with E-state index in [4.69, 9.17) is 17.3 Å². The Labute approximate surface area is 103 Å². The second kappa shape index (κ2) is 5.07. The molecule has 0 saturated carbocycles. The molecule has 1 aromatic rings. The van der Waals surface area contributed by atoms with E-state index in [1.54, 1.807) is 0 Å². The Bertz CT molecular complexity index is 355. The van der Waals surface area contributed by atoms with E-state index in [-0.39, 0.29) is 5.41 Å². The SMILES string of the molecule is CN(CC(C)(C)C)c1cc(Cl)ccc1CN. The molecular formula is C13H21ClN2. The molecule has 0 aliphatic rings. The van der Waals surface area contributed by atoms with Gasteiger partial charge in [-0.3, -0.25) is 0 Å². The van der Waals surface area contributed by atoms with Crippen molar-refractivity contribution in [2.45, 2.75) is 27.3 Å². The summed E-state index contributed by atoms with van der Waals surface area (Å²) < 4.78 is 0. The van der Waals surface area contributed by atoms with E-state index >= 15 is 0 Å². The molecule has 3 heteroatoms. The summed E-state index contributed by atoms with van der Waals surface area (Å²) in [6.45, 7) is 8.17. The average molecular weight is 241 g/mol. The lowest BCUT2D eigenvalue weighted by Crippen LogP contribution is -2.30. The maximum atomic E-state index is 6.02. The lowest BCUT2D eigenvalue weighted by molar-refractivity contribution is 0.418. The summed E-state index contributed by atoms with van der Waals surface area (Å²) in [5.41, 5.74) is 8.25. The maximum absolute atomic E-state index is 6.02. The molecule has 0 aliphatic carbocycles. The van der Waals surface area contributed by atoms with Crippen molar-refractivity contribution in [3.8, 4) is 0 Å². The Kier molecular flexibility index (Phi) is 4.22. The van der Waals surface area contributed by atoms with Gasteiger partial charge in [0.2, 0.25) is 0 Å². The van der Waals surface area contributed by atoms with Crippen LogP contribution in [0.2, 0.25) is 5.02 Å². The molecule has 2 nitrogen and oxygen atoms in total. The Balaban J connectivity index is 2.97. The molecule has 0 spiro atoms. The summed E-state index contributed by atoms with van der Waals surface area (Å²) >= 11 is 6.02. The van der Waals surface area contributed by atoms with Gasteiger partial charge in [0.1, 0.15) is 0 Å². The zero-order valence-corrected chi connectivity index (χ0v) is 11.3. The minimum atomic E-state index is 0.253. The molecule has 0 saturated heterocycles. The molecule has 0 amide bonds. The van der Waals surface area contributed by atoms with E-state index in [1.807, 2.05) is 18.2 Å². The molecule has 0 aliphatic heterocycles. The third kappa shape index (κ3) is 3.69. The highest BCUT2D eigenvalue weighted by molar-refractivity contribution is 6.30. The first-order chi connectivity index (χ1) is 7.33. The molecule has 16 heavy (non-hydrogen) atoms. The zero-order valence-electron chi connectivity index (χ0n) is 10.5. The average Bonchev–Trinajstić information content (AvgIpc) is 2.15. The molecule has 0 radical (unpaired) electrons. The first-order valence-corrected chi connectivity index (χ1v) is 5.91. The second-order valence-corrected chi connectivity index (χ2v) is 5.83. The fourth-order valence-electron chi connectivity index (χ4n) is 1.86. The van der Waals surface area contributed by atoms with Crippen molar-refractivity contribution in [3.05, 3.63) is 28.8 Å². The summed E-state index contributed by atoms with van der Waals surface area (Å²) in [7, 11) is 2.08. The van der Waals surface area contributed by atoms with Gasteiger partial charge in [0.25, 0.3) is 0 Å². The Morgan fingerprint density at radius 3 is 2.44 bits per heavy atom. The summed E-state index contributed by atoms with van der Waals surface area (Å²) in [6.07, 6.45) is 0. The maximum Gasteiger partial charge on any atom is 0.0426 e. The standard InChI is InChI=1S/C13H21ClN2/c1-13(2,3)9-16(4)12-7-11(14)6-5-10(12)8-15/h5-7H,8-9,15H2,1-4H3. The Morgan fingerprint density at radius 2 is 1.94 bits per heavy atom. The lowest BCUT2D eigenvalue weighted by Gasteiger charge is -2.29. The highest BCUT2D eigenvalue weighted by Gasteiger charge is 2.15. The van der Waals surface area contributed by atoms with Crippen LogP contribution >= 0.6 is 11.6 Å². The minimum absolute atomic E-state index is 0.253. The molecule has 1 aromatic carbocycles. The van der Waals surface area contributed by atoms with Crippen LogP contribution in [0.1, 0.15) is 26.3 Å². The van der Waals surface area contributed by atoms with E-state index in [0.29, 0.717) is 6.54 Å². The van der Waals surface area contributed by atoms with E-state index in [2.05, 4.69) is 32.7 Å². The van der Waals surface area contributed by atoms with Gasteiger partial charge in [-0.2, -0.15) is 0 Å². The predicted octanol–water partition coefficient (Wildman–Crippen LogP) is 3.28. The number of hydrogen-bond donors (Lipinski definition) is 1. The van der Waals surface area contributed by atoms with Crippen LogP contribution in [0.3, 0.4) is 0 Å². The Morgan fingerprint density at radius 1 is 1.31 bits per heavy atom. The van der Waals surface area contributed by atoms with Crippen molar-refractivity contribution in [1.82, 2.24) is 0 Å². The molecule has 90 valence electrons. The quantitative estimate of drug-likeness (QED) is 0.879. The molecular weight excluding hydrogens is 220 g/mol. The third-order valence-electron chi connectivity index (χ3n) is 2.39. The van der Waals surface area contributed by atoms with E-state index in [1.165, 1.54) is 0 Å². The highest BCUT2D eigenvalue weighted by Crippen LogP contribution is 2.26. The summed E-state index contributed by atoms with van der Waals surface area (Å²) in [6, 6.07) is 5.87. The third-order valence-corrected chi connectivity index (χ3v) is 2.63. The summed E-state index contributed by atoms with van der Waals surface area (Å²) in [5, 5.41) is 0.757. The normalized spacial score (nSPS) is 11.6. The molecule has 2 N–H and O–H groups in total. The fraction of sp³-hybridized carbons (Fsp3) is 0.538. The first kappa shape index (κ1) is 13.3. The van der Waals surface area contributed by atoms with Crippen molar-refractivity contribution in [1.29, 1.82) is 0 Å². The van der Waals surface area contributed by atoms with E-state index < -0.39 is 0 Å². The molecule has 0 atom stereocenters. The van der Waals surface area contributed by atoms with Crippen LogP contribution in [0.15, 0.2) is 18.2 Å². The van der Waals surface area contributed by atoms with Crippen molar-refractivity contribution in [3.63, 3.8) is 0 Å². The topological polar surface area (TPSA) is 29.3 Å². The molecule has 0 heterocycles. The Hall–Kier alpha value is -0.730. The predicted molar refractivity (Wildman–Crippen MR) is 72.1 cm³/mol. The van der Waals surface area contributed by atoms with Gasteiger partial charge in [-0.05, 0) is 23.1 Å².